The molecule has 0 spiro atoms. The highest BCUT2D eigenvalue weighted by atomic mass is 16.5. The second-order valence-electron chi connectivity index (χ2n) is 10.2. The molecule has 5 nitrogen and oxygen atoms in total. The number of hydrogen-bond donors (Lipinski definition) is 0. The number of nitrogens with zero attached hydrogens (tertiary/aromatic N) is 1. The second kappa shape index (κ2) is 23.0. The van der Waals surface area contributed by atoms with E-state index in [4.69, 9.17) is 4.74 Å². The third kappa shape index (κ3) is 26.2. The Morgan fingerprint density at radius 2 is 1.19 bits per heavy atom. The third-order valence-electron chi connectivity index (χ3n) is 5.35. The smallest absolute Gasteiger partial charge is 0.306 e. The van der Waals surface area contributed by atoms with Crippen molar-refractivity contribution in [3.05, 3.63) is 60.8 Å². The Bertz CT molecular complexity index is 711. The van der Waals surface area contributed by atoms with Gasteiger partial charge in [0, 0.05) is 18.8 Å². The number of rotatable bonds is 22. The maximum absolute atomic E-state index is 12.1. The first-order chi connectivity index (χ1) is 17.2. The summed E-state index contributed by atoms with van der Waals surface area (Å²) < 4.78 is 5.91. The largest absolute Gasteiger partial charge is 0.550 e. The minimum absolute atomic E-state index is 0.253. The number of esters is 1. The van der Waals surface area contributed by atoms with Gasteiger partial charge in [0.15, 0.2) is 6.10 Å². The van der Waals surface area contributed by atoms with Gasteiger partial charge in [-0.15, -0.1) is 0 Å². The summed E-state index contributed by atoms with van der Waals surface area (Å²) >= 11 is 0. The normalized spacial score (nSPS) is 13.7. The summed E-state index contributed by atoms with van der Waals surface area (Å²) in [7, 11) is 5.82. The molecule has 0 aliphatic heterocycles. The van der Waals surface area contributed by atoms with E-state index < -0.39 is 12.1 Å². The van der Waals surface area contributed by atoms with Crippen molar-refractivity contribution in [1.29, 1.82) is 0 Å². The summed E-state index contributed by atoms with van der Waals surface area (Å²) in [4.78, 5) is 23.0. The number of carbonyl (C=O) groups is 2. The van der Waals surface area contributed by atoms with Gasteiger partial charge in [-0.2, -0.15) is 0 Å². The summed E-state index contributed by atoms with van der Waals surface area (Å²) in [5, 5.41) is 10.9. The fourth-order valence-electron chi connectivity index (χ4n) is 3.62. The molecule has 0 amide bonds. The quantitative estimate of drug-likeness (QED) is 0.0764. The number of unbranched alkanes of at least 4 members (excludes halogenated alkanes) is 5. The van der Waals surface area contributed by atoms with Crippen molar-refractivity contribution in [2.75, 3.05) is 27.7 Å². The molecule has 204 valence electrons. The molecule has 5 heteroatoms. The minimum atomic E-state index is -1.19. The molecular formula is C31H51NO4. The predicted molar refractivity (Wildman–Crippen MR) is 149 cm³/mol. The Hall–Kier alpha value is -2.40. The zero-order chi connectivity index (χ0) is 26.9. The second-order valence-corrected chi connectivity index (χ2v) is 10.2. The van der Waals surface area contributed by atoms with E-state index in [0.717, 1.165) is 70.6 Å². The summed E-state index contributed by atoms with van der Waals surface area (Å²) in [5.41, 5.74) is 0. The molecule has 0 N–H and O–H groups in total. The van der Waals surface area contributed by atoms with Gasteiger partial charge >= 0.3 is 5.97 Å². The maximum atomic E-state index is 12.1. The highest BCUT2D eigenvalue weighted by Crippen LogP contribution is 2.11. The first-order valence-corrected chi connectivity index (χ1v) is 13.7. The maximum Gasteiger partial charge on any atom is 0.306 e. The zero-order valence-electron chi connectivity index (χ0n) is 23.3. The van der Waals surface area contributed by atoms with E-state index in [2.05, 4.69) is 67.7 Å². The molecule has 0 saturated heterocycles. The molecule has 0 heterocycles. The Morgan fingerprint density at radius 3 is 1.69 bits per heavy atom. The van der Waals surface area contributed by atoms with Crippen LogP contribution in [0, 0.1) is 0 Å². The number of hydrogen-bond acceptors (Lipinski definition) is 4. The molecule has 0 fully saturated rings. The van der Waals surface area contributed by atoms with Crippen molar-refractivity contribution in [1.82, 2.24) is 0 Å². The highest BCUT2D eigenvalue weighted by Gasteiger charge is 2.22. The SMILES string of the molecule is CC/C=C/C/C=C/C/C=C/C/C=C/C/C=C/CCCCCCCC(=O)OC(CC(=O)[O-])C[N+](C)(C)C. The number of carbonyl (C=O) groups excluding carboxylic acids is 2. The minimum Gasteiger partial charge on any atom is -0.550 e. The van der Waals surface area contributed by atoms with E-state index >= 15 is 0 Å². The van der Waals surface area contributed by atoms with Crippen LogP contribution in [0.15, 0.2) is 60.8 Å². The molecule has 0 saturated carbocycles. The predicted octanol–water partition coefficient (Wildman–Crippen LogP) is 6.23. The Labute approximate surface area is 220 Å². The molecule has 0 bridgehead atoms. The van der Waals surface area contributed by atoms with Gasteiger partial charge in [0.2, 0.25) is 0 Å². The van der Waals surface area contributed by atoms with Crippen LogP contribution in [0.4, 0.5) is 0 Å². The average molecular weight is 502 g/mol. The van der Waals surface area contributed by atoms with Crippen molar-refractivity contribution >= 4 is 11.9 Å². The summed E-state index contributed by atoms with van der Waals surface area (Å²) in [5.74, 6) is -1.50. The first kappa shape index (κ1) is 33.6. The number of likely N-dealkylation sites (N-methyl/N-ethyl adjacent to an activating group) is 1. The number of carboxylic acids is 1. The van der Waals surface area contributed by atoms with Crippen molar-refractivity contribution in [3.8, 4) is 0 Å². The zero-order valence-corrected chi connectivity index (χ0v) is 23.3. The van der Waals surface area contributed by atoms with Gasteiger partial charge < -0.3 is 19.1 Å². The molecule has 1 atom stereocenters. The van der Waals surface area contributed by atoms with Crippen molar-refractivity contribution < 1.29 is 23.9 Å². The van der Waals surface area contributed by atoms with Gasteiger partial charge in [0.25, 0.3) is 0 Å². The van der Waals surface area contributed by atoms with Gasteiger partial charge in [0.05, 0.1) is 21.1 Å². The number of ether oxygens (including phenoxy) is 1. The lowest BCUT2D eigenvalue weighted by atomic mass is 10.1. The lowest BCUT2D eigenvalue weighted by Gasteiger charge is -2.29. The van der Waals surface area contributed by atoms with Gasteiger partial charge in [-0.05, 0) is 51.4 Å². The summed E-state index contributed by atoms with van der Waals surface area (Å²) in [6.45, 7) is 2.60. The van der Waals surface area contributed by atoms with Gasteiger partial charge in [0.1, 0.15) is 6.54 Å². The van der Waals surface area contributed by atoms with E-state index in [9.17, 15) is 14.7 Å². The molecule has 1 unspecified atom stereocenters. The molecule has 0 rings (SSSR count). The van der Waals surface area contributed by atoms with Crippen LogP contribution in [0.2, 0.25) is 0 Å². The van der Waals surface area contributed by atoms with E-state index in [1.807, 2.05) is 21.1 Å². The highest BCUT2D eigenvalue weighted by molar-refractivity contribution is 5.70. The van der Waals surface area contributed by atoms with E-state index in [1.54, 1.807) is 0 Å². The Kier molecular flexibility index (Phi) is 21.5. The molecule has 0 aliphatic carbocycles. The molecule has 0 aromatic heterocycles. The molecular weight excluding hydrogens is 450 g/mol. The lowest BCUT2D eigenvalue weighted by molar-refractivity contribution is -0.873. The van der Waals surface area contributed by atoms with E-state index in [-0.39, 0.29) is 12.4 Å². The third-order valence-corrected chi connectivity index (χ3v) is 5.35. The monoisotopic (exact) mass is 501 g/mol. The number of carboxylic acid groups (broad SMARTS) is 1. The van der Waals surface area contributed by atoms with E-state index in [0.29, 0.717) is 17.4 Å². The number of allylic oxidation sites excluding steroid dienone is 10. The van der Waals surface area contributed by atoms with Gasteiger partial charge in [-0.3, -0.25) is 4.79 Å². The molecule has 0 radical (unpaired) electrons. The van der Waals surface area contributed by atoms with Crippen molar-refractivity contribution in [2.45, 2.75) is 96.5 Å². The summed E-state index contributed by atoms with van der Waals surface area (Å²) in [6, 6.07) is 0. The topological polar surface area (TPSA) is 66.4 Å². The fraction of sp³-hybridized carbons (Fsp3) is 0.613. The van der Waals surface area contributed by atoms with Crippen LogP contribution >= 0.6 is 0 Å². The van der Waals surface area contributed by atoms with Gasteiger partial charge in [-0.25, -0.2) is 0 Å². The fourth-order valence-corrected chi connectivity index (χ4v) is 3.62. The standard InChI is InChI=1S/C31H51NO4/c1-5-6-7-8-9-10-11-12-13-14-15-16-17-18-19-20-21-22-23-24-25-26-31(35)36-29(27-30(33)34)28-32(2,3)4/h6-7,9-10,12-13,15-16,18-19,29H,5,8,11,14,17,20-28H2,1-4H3/b7-6+,10-9+,13-12+,16-15+,19-18+. The Morgan fingerprint density at radius 1 is 0.722 bits per heavy atom. The number of aliphatic carboxylic acids is 1. The van der Waals surface area contributed by atoms with Crippen LogP contribution in [-0.4, -0.2) is 50.2 Å². The molecule has 0 aliphatic rings. The lowest BCUT2D eigenvalue weighted by Crippen LogP contribution is -2.45. The van der Waals surface area contributed by atoms with Crippen LogP contribution in [0.3, 0.4) is 0 Å². The van der Waals surface area contributed by atoms with E-state index in [1.165, 1.54) is 0 Å². The van der Waals surface area contributed by atoms with Crippen LogP contribution in [0.5, 0.6) is 0 Å². The number of quaternary nitrogens is 1. The Balaban J connectivity index is 3.70. The molecule has 36 heavy (non-hydrogen) atoms. The summed E-state index contributed by atoms with van der Waals surface area (Å²) in [6.07, 6.45) is 33.0. The van der Waals surface area contributed by atoms with Crippen LogP contribution in [0.25, 0.3) is 0 Å². The van der Waals surface area contributed by atoms with Crippen LogP contribution < -0.4 is 5.11 Å². The van der Waals surface area contributed by atoms with Crippen molar-refractivity contribution in [2.24, 2.45) is 0 Å². The van der Waals surface area contributed by atoms with Crippen molar-refractivity contribution in [3.63, 3.8) is 0 Å². The van der Waals surface area contributed by atoms with Crippen LogP contribution in [0.1, 0.15) is 90.4 Å². The molecule has 0 aromatic carbocycles. The van der Waals surface area contributed by atoms with Gasteiger partial charge in [-0.1, -0.05) is 86.9 Å². The van der Waals surface area contributed by atoms with Crippen LogP contribution in [-0.2, 0) is 14.3 Å². The molecule has 0 aromatic rings. The average Bonchev–Trinajstić information content (AvgIpc) is 2.78. The first-order valence-electron chi connectivity index (χ1n) is 13.7.